The summed E-state index contributed by atoms with van der Waals surface area (Å²) >= 11 is 0. The van der Waals surface area contributed by atoms with E-state index in [1.807, 2.05) is 43.0 Å². The third-order valence-corrected chi connectivity index (χ3v) is 9.34. The molecule has 12 nitrogen and oxygen atoms in total. The lowest BCUT2D eigenvalue weighted by atomic mass is 9.92. The molecule has 0 spiro atoms. The van der Waals surface area contributed by atoms with Gasteiger partial charge < -0.3 is 42.8 Å². The van der Waals surface area contributed by atoms with Gasteiger partial charge in [0.1, 0.15) is 12.4 Å². The summed E-state index contributed by atoms with van der Waals surface area (Å²) in [6.45, 7) is 23.9. The molecule has 0 N–H and O–H groups in total. The zero-order valence-corrected chi connectivity index (χ0v) is 33.6. The second-order valence-corrected chi connectivity index (χ2v) is 13.2. The predicted octanol–water partition coefficient (Wildman–Crippen LogP) is 4.96. The number of benzene rings is 2. The molecule has 3 rings (SSSR count). The van der Waals surface area contributed by atoms with Gasteiger partial charge in [-0.15, -0.1) is 6.58 Å². The highest BCUT2D eigenvalue weighted by Crippen LogP contribution is 2.35. The van der Waals surface area contributed by atoms with Crippen molar-refractivity contribution >= 4 is 5.91 Å². The third-order valence-electron chi connectivity index (χ3n) is 9.34. The van der Waals surface area contributed by atoms with Crippen molar-refractivity contribution in [2.24, 2.45) is 0 Å². The molecule has 0 bridgehead atoms. The van der Waals surface area contributed by atoms with E-state index >= 15 is 0 Å². The highest BCUT2D eigenvalue weighted by molar-refractivity contribution is 5.94. The maximum Gasteiger partial charge on any atom is 0.253 e. The van der Waals surface area contributed by atoms with Gasteiger partial charge in [-0.25, -0.2) is 0 Å². The summed E-state index contributed by atoms with van der Waals surface area (Å²) in [5.74, 6) is 0.863. The van der Waals surface area contributed by atoms with Crippen LogP contribution in [0.3, 0.4) is 0 Å². The third kappa shape index (κ3) is 16.4. The molecule has 0 unspecified atom stereocenters. The van der Waals surface area contributed by atoms with Crippen molar-refractivity contribution in [2.75, 3.05) is 132 Å². The Balaban J connectivity index is 1.40. The van der Waals surface area contributed by atoms with E-state index in [4.69, 9.17) is 37.9 Å². The van der Waals surface area contributed by atoms with Gasteiger partial charge in [-0.2, -0.15) is 0 Å². The van der Waals surface area contributed by atoms with E-state index in [1.165, 1.54) is 0 Å². The quantitative estimate of drug-likeness (QED) is 0.0799. The topological polar surface area (TPSA) is 101 Å². The summed E-state index contributed by atoms with van der Waals surface area (Å²) < 4.78 is 44.3. The van der Waals surface area contributed by atoms with Gasteiger partial charge in [-0.3, -0.25) is 14.6 Å². The largest absolute Gasteiger partial charge is 0.491 e. The van der Waals surface area contributed by atoms with Gasteiger partial charge >= 0.3 is 0 Å². The van der Waals surface area contributed by atoms with E-state index in [9.17, 15) is 4.79 Å². The summed E-state index contributed by atoms with van der Waals surface area (Å²) in [5.41, 5.74) is 3.02. The van der Waals surface area contributed by atoms with Gasteiger partial charge in [-0.1, -0.05) is 30.3 Å². The van der Waals surface area contributed by atoms with Crippen molar-refractivity contribution < 1.29 is 42.7 Å². The normalized spacial score (nSPS) is 17.1. The highest BCUT2D eigenvalue weighted by Gasteiger charge is 2.34. The average molecular weight is 758 g/mol. The summed E-state index contributed by atoms with van der Waals surface area (Å²) in [5, 5.41) is 0. The van der Waals surface area contributed by atoms with Gasteiger partial charge in [-0.05, 0) is 63.1 Å². The number of hydrogen-bond donors (Lipinski definition) is 0. The first-order valence-electron chi connectivity index (χ1n) is 19.6. The van der Waals surface area contributed by atoms with E-state index < -0.39 is 0 Å². The number of nitrogens with zero attached hydrogens (tertiary/aromatic N) is 3. The SMILES string of the molecule is C=CCN1C[C@H](C)N([C@H](c2ccc(C(=O)N(CC)CC)cc2)c2cccc(OCCOCCOCCOCCOCCOCCOCCOC)c2)C[C@H]1C. The fourth-order valence-electron chi connectivity index (χ4n) is 6.42. The molecule has 2 aromatic rings. The minimum absolute atomic E-state index is 0.00132. The maximum atomic E-state index is 13.1. The molecule has 0 radical (unpaired) electrons. The van der Waals surface area contributed by atoms with E-state index in [1.54, 1.807) is 7.11 Å². The fraction of sp³-hybridized carbons (Fsp3) is 0.643. The van der Waals surface area contributed by atoms with Crippen molar-refractivity contribution in [3.8, 4) is 5.75 Å². The van der Waals surface area contributed by atoms with Crippen molar-refractivity contribution in [3.05, 3.63) is 77.9 Å². The Bertz CT molecular complexity index is 1280. The van der Waals surface area contributed by atoms with E-state index in [2.05, 4.69) is 60.6 Å². The molecule has 1 aliphatic heterocycles. The Morgan fingerprint density at radius 2 is 1.24 bits per heavy atom. The molecule has 1 saturated heterocycles. The molecule has 0 saturated carbocycles. The number of hydrogen-bond acceptors (Lipinski definition) is 11. The van der Waals surface area contributed by atoms with Crippen molar-refractivity contribution in [2.45, 2.75) is 45.8 Å². The Morgan fingerprint density at radius 1 is 0.722 bits per heavy atom. The van der Waals surface area contributed by atoms with E-state index in [0.29, 0.717) is 123 Å². The van der Waals surface area contributed by atoms with Gasteiger partial charge in [0.15, 0.2) is 0 Å². The Kier molecular flexibility index (Phi) is 23.3. The molecule has 1 aliphatic rings. The summed E-state index contributed by atoms with van der Waals surface area (Å²) in [7, 11) is 1.65. The van der Waals surface area contributed by atoms with Crippen LogP contribution in [0.4, 0.5) is 0 Å². The summed E-state index contributed by atoms with van der Waals surface area (Å²) in [6, 6.07) is 17.2. The van der Waals surface area contributed by atoms with Crippen molar-refractivity contribution in [1.82, 2.24) is 14.7 Å². The Hall–Kier alpha value is -2.91. The first kappa shape index (κ1) is 45.5. The maximum absolute atomic E-state index is 13.1. The minimum Gasteiger partial charge on any atom is -0.491 e. The first-order chi connectivity index (χ1) is 26.4. The lowest BCUT2D eigenvalue weighted by Crippen LogP contribution is -2.57. The van der Waals surface area contributed by atoms with Crippen LogP contribution in [0.15, 0.2) is 61.2 Å². The highest BCUT2D eigenvalue weighted by atomic mass is 16.6. The lowest BCUT2D eigenvalue weighted by molar-refractivity contribution is -0.0199. The molecule has 2 aromatic carbocycles. The second-order valence-electron chi connectivity index (χ2n) is 13.2. The Morgan fingerprint density at radius 3 is 1.74 bits per heavy atom. The van der Waals surface area contributed by atoms with Crippen LogP contribution in [0.25, 0.3) is 0 Å². The smallest absolute Gasteiger partial charge is 0.253 e. The monoisotopic (exact) mass is 757 g/mol. The van der Waals surface area contributed by atoms with Crippen LogP contribution in [0.1, 0.15) is 55.2 Å². The second kappa shape index (κ2) is 27.6. The van der Waals surface area contributed by atoms with Crippen LogP contribution < -0.4 is 4.74 Å². The van der Waals surface area contributed by atoms with Crippen molar-refractivity contribution in [1.29, 1.82) is 0 Å². The zero-order chi connectivity index (χ0) is 38.8. The Labute approximate surface area is 324 Å². The molecule has 304 valence electrons. The molecule has 54 heavy (non-hydrogen) atoms. The predicted molar refractivity (Wildman–Crippen MR) is 212 cm³/mol. The number of carbonyl (C=O) groups excluding carboxylic acids is 1. The van der Waals surface area contributed by atoms with Crippen LogP contribution >= 0.6 is 0 Å². The molecule has 1 fully saturated rings. The minimum atomic E-state index is 0.00132. The first-order valence-corrected chi connectivity index (χ1v) is 19.6. The molecule has 0 aliphatic carbocycles. The summed E-state index contributed by atoms with van der Waals surface area (Å²) in [4.78, 5) is 20.0. The zero-order valence-electron chi connectivity index (χ0n) is 33.6. The molecule has 12 heteroatoms. The van der Waals surface area contributed by atoms with E-state index in [0.717, 1.165) is 36.5 Å². The number of carbonyl (C=O) groups is 1. The van der Waals surface area contributed by atoms with E-state index in [-0.39, 0.29) is 11.9 Å². The molecule has 0 aromatic heterocycles. The number of piperazine rings is 1. The molecule has 1 amide bonds. The van der Waals surface area contributed by atoms with Crippen LogP contribution in [0, 0.1) is 0 Å². The molecular weight excluding hydrogens is 690 g/mol. The van der Waals surface area contributed by atoms with Gasteiger partial charge in [0.2, 0.25) is 0 Å². The molecule has 1 heterocycles. The number of ether oxygens (including phenoxy) is 8. The average Bonchev–Trinajstić information content (AvgIpc) is 3.18. The summed E-state index contributed by atoms with van der Waals surface area (Å²) in [6.07, 6.45) is 1.99. The number of methoxy groups -OCH3 is 1. The van der Waals surface area contributed by atoms with Gasteiger partial charge in [0, 0.05) is 57.5 Å². The van der Waals surface area contributed by atoms with Gasteiger partial charge in [0.05, 0.1) is 91.9 Å². The lowest BCUT2D eigenvalue weighted by Gasteiger charge is -2.47. The fourth-order valence-corrected chi connectivity index (χ4v) is 6.42. The number of amides is 1. The van der Waals surface area contributed by atoms with Crippen LogP contribution in [0.2, 0.25) is 0 Å². The van der Waals surface area contributed by atoms with Gasteiger partial charge in [0.25, 0.3) is 5.91 Å². The number of rotatable bonds is 30. The van der Waals surface area contributed by atoms with Crippen molar-refractivity contribution in [3.63, 3.8) is 0 Å². The standard InChI is InChI=1S/C42H67N3O9/c1-7-17-44-33-36(5)45(34-35(44)4)41(37-13-15-38(16-14-37)42(46)43(8-2)9-3)39-11-10-12-40(32-39)54-31-30-53-29-28-52-27-26-51-25-24-50-23-22-49-21-20-48-19-18-47-6/h7,10-16,32,35-36,41H,1,8-9,17-31,33-34H2,2-6H3/t35-,36+,41-/m1/s1. The molecular formula is C42H67N3O9. The van der Waals surface area contributed by atoms with Crippen LogP contribution in [-0.4, -0.2) is 165 Å². The molecule has 3 atom stereocenters. The van der Waals surface area contributed by atoms with Crippen LogP contribution in [-0.2, 0) is 33.2 Å². The van der Waals surface area contributed by atoms with Crippen LogP contribution in [0.5, 0.6) is 5.75 Å².